The number of likely N-dealkylation sites (tertiary alicyclic amines) is 1. The van der Waals surface area contributed by atoms with Gasteiger partial charge in [-0.3, -0.25) is 14.6 Å². The Kier molecular flexibility index (Phi) is 5.65. The SMILES string of the molecule is COc1ccc(C(=O)N2CCCC(C(=O)Nc3cnc4ccccc4c3)C2)c2ccccc12. The van der Waals surface area contributed by atoms with Gasteiger partial charge in [0.2, 0.25) is 5.91 Å². The second kappa shape index (κ2) is 8.90. The van der Waals surface area contributed by atoms with E-state index in [1.807, 2.05) is 66.7 Å². The van der Waals surface area contributed by atoms with Crippen LogP contribution in [0.1, 0.15) is 23.2 Å². The standard InChI is InChI=1S/C27H25N3O3/c1-33-25-13-12-23(21-9-3-4-10-22(21)25)27(32)30-14-6-8-19(17-30)26(31)29-20-15-18-7-2-5-11-24(18)28-16-20/h2-5,7,9-13,15-16,19H,6,8,14,17H2,1H3,(H,29,31). The molecule has 1 atom stereocenters. The van der Waals surface area contributed by atoms with E-state index in [0.717, 1.165) is 40.3 Å². The highest BCUT2D eigenvalue weighted by Crippen LogP contribution is 2.30. The van der Waals surface area contributed by atoms with Gasteiger partial charge in [-0.15, -0.1) is 0 Å². The van der Waals surface area contributed by atoms with E-state index in [2.05, 4.69) is 10.3 Å². The molecule has 1 saturated heterocycles. The molecule has 1 aliphatic rings. The topological polar surface area (TPSA) is 71.5 Å². The number of carbonyl (C=O) groups is 2. The summed E-state index contributed by atoms with van der Waals surface area (Å²) >= 11 is 0. The van der Waals surface area contributed by atoms with Crippen molar-refractivity contribution in [3.05, 3.63) is 78.5 Å². The summed E-state index contributed by atoms with van der Waals surface area (Å²) in [5.41, 5.74) is 2.19. The van der Waals surface area contributed by atoms with Gasteiger partial charge in [-0.1, -0.05) is 42.5 Å². The van der Waals surface area contributed by atoms with Crippen molar-refractivity contribution in [2.24, 2.45) is 5.92 Å². The van der Waals surface area contributed by atoms with Crippen LogP contribution in [0.4, 0.5) is 5.69 Å². The van der Waals surface area contributed by atoms with Crippen LogP contribution in [0.5, 0.6) is 5.75 Å². The van der Waals surface area contributed by atoms with E-state index in [1.165, 1.54) is 0 Å². The Bertz CT molecular complexity index is 1350. The Morgan fingerprint density at radius 1 is 1.03 bits per heavy atom. The molecule has 1 aliphatic heterocycles. The number of nitrogens with zero attached hydrogens (tertiary/aromatic N) is 2. The minimum Gasteiger partial charge on any atom is -0.496 e. The van der Waals surface area contributed by atoms with Gasteiger partial charge in [-0.05, 0) is 42.5 Å². The maximum Gasteiger partial charge on any atom is 0.254 e. The molecule has 6 nitrogen and oxygen atoms in total. The first-order chi connectivity index (χ1) is 16.1. The van der Waals surface area contributed by atoms with Crippen LogP contribution in [0.25, 0.3) is 21.7 Å². The molecule has 5 rings (SSSR count). The van der Waals surface area contributed by atoms with Gasteiger partial charge in [-0.25, -0.2) is 0 Å². The van der Waals surface area contributed by atoms with Gasteiger partial charge < -0.3 is 15.0 Å². The third kappa shape index (κ3) is 4.12. The molecule has 2 amide bonds. The fourth-order valence-corrected chi connectivity index (χ4v) is 4.57. The number of carbonyl (C=O) groups excluding carboxylic acids is 2. The van der Waals surface area contributed by atoms with Crippen molar-refractivity contribution < 1.29 is 14.3 Å². The molecule has 1 aromatic heterocycles. The highest BCUT2D eigenvalue weighted by atomic mass is 16.5. The van der Waals surface area contributed by atoms with E-state index in [4.69, 9.17) is 4.74 Å². The van der Waals surface area contributed by atoms with E-state index < -0.39 is 0 Å². The Hall–Kier alpha value is -3.93. The molecule has 4 aromatic rings. The third-order valence-corrected chi connectivity index (χ3v) is 6.27. The molecule has 0 radical (unpaired) electrons. The summed E-state index contributed by atoms with van der Waals surface area (Å²) in [5, 5.41) is 5.73. The van der Waals surface area contributed by atoms with Crippen LogP contribution in [0, 0.1) is 5.92 Å². The fraction of sp³-hybridized carbons (Fsp3) is 0.222. The van der Waals surface area contributed by atoms with Crippen molar-refractivity contribution in [2.75, 3.05) is 25.5 Å². The lowest BCUT2D eigenvalue weighted by Crippen LogP contribution is -2.43. The van der Waals surface area contributed by atoms with Crippen molar-refractivity contribution in [1.82, 2.24) is 9.88 Å². The predicted octanol–water partition coefficient (Wildman–Crippen LogP) is 4.89. The van der Waals surface area contributed by atoms with Crippen LogP contribution in [-0.4, -0.2) is 41.9 Å². The highest BCUT2D eigenvalue weighted by Gasteiger charge is 2.30. The number of nitrogens with one attached hydrogen (secondary N) is 1. The van der Waals surface area contributed by atoms with Crippen LogP contribution >= 0.6 is 0 Å². The Morgan fingerprint density at radius 2 is 1.82 bits per heavy atom. The number of para-hydroxylation sites is 1. The van der Waals surface area contributed by atoms with Crippen molar-refractivity contribution in [3.63, 3.8) is 0 Å². The van der Waals surface area contributed by atoms with Crippen molar-refractivity contribution in [3.8, 4) is 5.75 Å². The number of fused-ring (bicyclic) bond motifs is 2. The number of hydrogen-bond acceptors (Lipinski definition) is 4. The van der Waals surface area contributed by atoms with Crippen LogP contribution in [-0.2, 0) is 4.79 Å². The van der Waals surface area contributed by atoms with Crippen LogP contribution < -0.4 is 10.1 Å². The first kappa shape index (κ1) is 20.9. The van der Waals surface area contributed by atoms with E-state index in [-0.39, 0.29) is 17.7 Å². The quantitative estimate of drug-likeness (QED) is 0.492. The number of piperidine rings is 1. The van der Waals surface area contributed by atoms with Gasteiger partial charge in [0.05, 0.1) is 30.4 Å². The molecule has 0 spiro atoms. The molecular weight excluding hydrogens is 414 g/mol. The highest BCUT2D eigenvalue weighted by molar-refractivity contribution is 6.09. The number of hydrogen-bond donors (Lipinski definition) is 1. The van der Waals surface area contributed by atoms with Gasteiger partial charge in [0.15, 0.2) is 0 Å². The summed E-state index contributed by atoms with van der Waals surface area (Å²) in [7, 11) is 1.63. The lowest BCUT2D eigenvalue weighted by atomic mass is 9.95. The molecule has 2 heterocycles. The van der Waals surface area contributed by atoms with Crippen LogP contribution in [0.3, 0.4) is 0 Å². The van der Waals surface area contributed by atoms with Gasteiger partial charge in [0, 0.05) is 29.4 Å². The van der Waals surface area contributed by atoms with E-state index >= 15 is 0 Å². The zero-order chi connectivity index (χ0) is 22.8. The summed E-state index contributed by atoms with van der Waals surface area (Å²) in [6.45, 7) is 1.03. The van der Waals surface area contributed by atoms with Gasteiger partial charge in [0.25, 0.3) is 5.91 Å². The van der Waals surface area contributed by atoms with Crippen molar-refractivity contribution in [2.45, 2.75) is 12.8 Å². The van der Waals surface area contributed by atoms with E-state index in [1.54, 1.807) is 18.2 Å². The number of rotatable bonds is 4. The average molecular weight is 440 g/mol. The monoisotopic (exact) mass is 439 g/mol. The first-order valence-electron chi connectivity index (χ1n) is 11.1. The fourth-order valence-electron chi connectivity index (χ4n) is 4.57. The van der Waals surface area contributed by atoms with Crippen molar-refractivity contribution >= 4 is 39.2 Å². The molecule has 1 N–H and O–H groups in total. The largest absolute Gasteiger partial charge is 0.496 e. The molecular formula is C27H25N3O3. The van der Waals surface area contributed by atoms with Crippen LogP contribution in [0.15, 0.2) is 72.9 Å². The van der Waals surface area contributed by atoms with Gasteiger partial charge in [0.1, 0.15) is 5.75 Å². The summed E-state index contributed by atoms with van der Waals surface area (Å²) in [6.07, 6.45) is 3.21. The molecule has 1 unspecified atom stereocenters. The van der Waals surface area contributed by atoms with E-state index in [9.17, 15) is 9.59 Å². The molecule has 0 saturated carbocycles. The van der Waals surface area contributed by atoms with Crippen LogP contribution in [0.2, 0.25) is 0 Å². The normalized spacial score (nSPS) is 16.0. The Morgan fingerprint density at radius 3 is 2.67 bits per heavy atom. The number of methoxy groups -OCH3 is 1. The summed E-state index contributed by atoms with van der Waals surface area (Å²) in [4.78, 5) is 32.6. The van der Waals surface area contributed by atoms with Gasteiger partial charge >= 0.3 is 0 Å². The van der Waals surface area contributed by atoms with Crippen molar-refractivity contribution in [1.29, 1.82) is 0 Å². The smallest absolute Gasteiger partial charge is 0.254 e. The number of ether oxygens (including phenoxy) is 1. The molecule has 166 valence electrons. The number of pyridine rings is 1. The number of amides is 2. The first-order valence-corrected chi connectivity index (χ1v) is 11.1. The third-order valence-electron chi connectivity index (χ3n) is 6.27. The molecule has 33 heavy (non-hydrogen) atoms. The maximum absolute atomic E-state index is 13.4. The Labute approximate surface area is 192 Å². The molecule has 1 fully saturated rings. The molecule has 6 heteroatoms. The zero-order valence-corrected chi connectivity index (χ0v) is 18.5. The minimum atomic E-state index is -0.265. The number of benzene rings is 3. The minimum absolute atomic E-state index is 0.0567. The van der Waals surface area contributed by atoms with E-state index in [0.29, 0.717) is 24.3 Å². The summed E-state index contributed by atoms with van der Waals surface area (Å²) in [6, 6.07) is 21.1. The molecule has 0 aliphatic carbocycles. The lowest BCUT2D eigenvalue weighted by molar-refractivity contribution is -0.121. The second-order valence-corrected chi connectivity index (χ2v) is 8.36. The Balaban J connectivity index is 1.33. The second-order valence-electron chi connectivity index (χ2n) is 8.36. The predicted molar refractivity (Wildman–Crippen MR) is 130 cm³/mol. The number of anilines is 1. The lowest BCUT2D eigenvalue weighted by Gasteiger charge is -2.32. The summed E-state index contributed by atoms with van der Waals surface area (Å²) < 4.78 is 5.46. The summed E-state index contributed by atoms with van der Waals surface area (Å²) in [5.74, 6) is 0.337. The average Bonchev–Trinajstić information content (AvgIpc) is 2.87. The maximum atomic E-state index is 13.4. The van der Waals surface area contributed by atoms with Gasteiger partial charge in [-0.2, -0.15) is 0 Å². The molecule has 3 aromatic carbocycles. The molecule has 0 bridgehead atoms. The zero-order valence-electron chi connectivity index (χ0n) is 18.5. The number of aromatic nitrogens is 1.